The van der Waals surface area contributed by atoms with Gasteiger partial charge in [-0.05, 0) is 46.5 Å². The Morgan fingerprint density at radius 3 is 2.57 bits per heavy atom. The Bertz CT molecular complexity index is 326. The molecule has 2 nitrogen and oxygen atoms in total. The van der Waals surface area contributed by atoms with Gasteiger partial charge in [0, 0.05) is 20.7 Å². The van der Waals surface area contributed by atoms with Gasteiger partial charge in [0.05, 0.1) is 0 Å². The van der Waals surface area contributed by atoms with E-state index >= 15 is 0 Å². The van der Waals surface area contributed by atoms with E-state index in [2.05, 4.69) is 38.8 Å². The number of anilines is 1. The van der Waals surface area contributed by atoms with Crippen molar-refractivity contribution >= 4 is 37.5 Å². The second-order valence-corrected chi connectivity index (χ2v) is 5.10. The molecule has 0 aromatic heterocycles. The van der Waals surface area contributed by atoms with Crippen molar-refractivity contribution in [2.24, 2.45) is 5.73 Å². The summed E-state index contributed by atoms with van der Waals surface area (Å²) in [6.45, 7) is 2.08. The summed E-state index contributed by atoms with van der Waals surface area (Å²) in [5.74, 6) is 0. The third-order valence-electron chi connectivity index (χ3n) is 2.19. The van der Waals surface area contributed by atoms with Crippen molar-refractivity contribution in [2.45, 2.75) is 25.8 Å². The van der Waals surface area contributed by atoms with Crippen LogP contribution in [0.15, 0.2) is 21.1 Å². The third-order valence-corrected chi connectivity index (χ3v) is 3.30. The highest BCUT2D eigenvalue weighted by Gasteiger charge is 2.08. The lowest BCUT2D eigenvalue weighted by molar-refractivity contribution is 0.647. The van der Waals surface area contributed by atoms with E-state index in [1.807, 2.05) is 12.1 Å². The Balaban J connectivity index is 2.96. The van der Waals surface area contributed by atoms with Crippen LogP contribution in [-0.2, 0) is 6.42 Å². The van der Waals surface area contributed by atoms with Gasteiger partial charge in [0.1, 0.15) is 0 Å². The predicted molar refractivity (Wildman–Crippen MR) is 68.2 cm³/mol. The quantitative estimate of drug-likeness (QED) is 0.841. The summed E-state index contributed by atoms with van der Waals surface area (Å²) in [6, 6.07) is 4.14. The van der Waals surface area contributed by atoms with Gasteiger partial charge in [0.15, 0.2) is 0 Å². The van der Waals surface area contributed by atoms with Crippen LogP contribution in [0, 0.1) is 0 Å². The van der Waals surface area contributed by atoms with Crippen LogP contribution < -0.4 is 11.5 Å². The molecule has 1 aromatic rings. The van der Waals surface area contributed by atoms with E-state index in [-0.39, 0.29) is 6.04 Å². The van der Waals surface area contributed by atoms with E-state index in [4.69, 9.17) is 11.5 Å². The van der Waals surface area contributed by atoms with Gasteiger partial charge in [-0.25, -0.2) is 0 Å². The maximum Gasteiger partial charge on any atom is 0.0492 e. The van der Waals surface area contributed by atoms with Crippen molar-refractivity contribution in [2.75, 3.05) is 5.73 Å². The monoisotopic (exact) mass is 320 g/mol. The maximum atomic E-state index is 5.93. The van der Waals surface area contributed by atoms with E-state index in [0.29, 0.717) is 0 Å². The molecule has 1 rings (SSSR count). The molecule has 78 valence electrons. The number of hydrogen-bond acceptors (Lipinski definition) is 2. The van der Waals surface area contributed by atoms with Crippen molar-refractivity contribution < 1.29 is 0 Å². The standard InChI is InChI=1S/C10H14Br2N2/c1-2-8(13)4-6-3-7(11)5-9(12)10(6)14/h3,5,8H,2,4,13-14H2,1H3. The third kappa shape index (κ3) is 2.97. The molecule has 0 aliphatic rings. The first kappa shape index (κ1) is 12.0. The Labute approximate surface area is 101 Å². The number of benzene rings is 1. The van der Waals surface area contributed by atoms with Gasteiger partial charge in [0.2, 0.25) is 0 Å². The first-order valence-electron chi connectivity index (χ1n) is 4.53. The van der Waals surface area contributed by atoms with Crippen molar-refractivity contribution in [3.8, 4) is 0 Å². The minimum Gasteiger partial charge on any atom is -0.398 e. The Morgan fingerprint density at radius 1 is 1.36 bits per heavy atom. The van der Waals surface area contributed by atoms with Crippen LogP contribution in [0.5, 0.6) is 0 Å². The van der Waals surface area contributed by atoms with Gasteiger partial charge in [-0.3, -0.25) is 0 Å². The minimum absolute atomic E-state index is 0.179. The molecule has 0 radical (unpaired) electrons. The first-order valence-corrected chi connectivity index (χ1v) is 6.12. The van der Waals surface area contributed by atoms with Crippen LogP contribution in [0.25, 0.3) is 0 Å². The van der Waals surface area contributed by atoms with Crippen molar-refractivity contribution in [3.05, 3.63) is 26.6 Å². The molecule has 0 heterocycles. The van der Waals surface area contributed by atoms with E-state index in [9.17, 15) is 0 Å². The number of hydrogen-bond donors (Lipinski definition) is 2. The molecule has 1 atom stereocenters. The lowest BCUT2D eigenvalue weighted by atomic mass is 10.0. The molecule has 4 N–H and O–H groups in total. The second-order valence-electron chi connectivity index (χ2n) is 3.33. The maximum absolute atomic E-state index is 5.93. The van der Waals surface area contributed by atoms with Crippen molar-refractivity contribution in [3.63, 3.8) is 0 Å². The summed E-state index contributed by atoms with van der Waals surface area (Å²) in [4.78, 5) is 0. The topological polar surface area (TPSA) is 52.0 Å². The Morgan fingerprint density at radius 2 is 2.00 bits per heavy atom. The zero-order chi connectivity index (χ0) is 10.7. The van der Waals surface area contributed by atoms with Crippen LogP contribution in [0.3, 0.4) is 0 Å². The van der Waals surface area contributed by atoms with Gasteiger partial charge < -0.3 is 11.5 Å². The van der Waals surface area contributed by atoms with E-state index in [0.717, 1.165) is 33.0 Å². The van der Waals surface area contributed by atoms with Gasteiger partial charge in [-0.2, -0.15) is 0 Å². The molecule has 0 saturated heterocycles. The van der Waals surface area contributed by atoms with Gasteiger partial charge in [-0.15, -0.1) is 0 Å². The molecule has 0 aliphatic heterocycles. The molecule has 0 aliphatic carbocycles. The summed E-state index contributed by atoms with van der Waals surface area (Å²) >= 11 is 6.85. The molecule has 0 spiro atoms. The van der Waals surface area contributed by atoms with E-state index in [1.54, 1.807) is 0 Å². The second kappa shape index (κ2) is 5.14. The number of nitrogens with two attached hydrogens (primary N) is 2. The fourth-order valence-electron chi connectivity index (χ4n) is 1.23. The van der Waals surface area contributed by atoms with Crippen LogP contribution in [0.4, 0.5) is 5.69 Å². The molecule has 1 aromatic carbocycles. The molecule has 0 amide bonds. The highest BCUT2D eigenvalue weighted by molar-refractivity contribution is 9.11. The summed E-state index contributed by atoms with van der Waals surface area (Å²) in [7, 11) is 0. The fourth-order valence-corrected chi connectivity index (χ4v) is 2.55. The van der Waals surface area contributed by atoms with Gasteiger partial charge in [0.25, 0.3) is 0 Å². The van der Waals surface area contributed by atoms with Crippen LogP contribution in [-0.4, -0.2) is 6.04 Å². The molecule has 14 heavy (non-hydrogen) atoms. The van der Waals surface area contributed by atoms with Crippen molar-refractivity contribution in [1.29, 1.82) is 0 Å². The first-order chi connectivity index (χ1) is 6.54. The Hall–Kier alpha value is -0.0600. The smallest absolute Gasteiger partial charge is 0.0492 e. The molecular formula is C10H14Br2N2. The summed E-state index contributed by atoms with van der Waals surface area (Å²) < 4.78 is 1.95. The van der Waals surface area contributed by atoms with E-state index in [1.165, 1.54) is 0 Å². The molecule has 0 fully saturated rings. The number of rotatable bonds is 3. The van der Waals surface area contributed by atoms with E-state index < -0.39 is 0 Å². The predicted octanol–water partition coefficient (Wildman–Crippen LogP) is 3.07. The number of halogens is 2. The number of nitrogen functional groups attached to an aromatic ring is 1. The van der Waals surface area contributed by atoms with Crippen LogP contribution in [0.1, 0.15) is 18.9 Å². The van der Waals surface area contributed by atoms with Crippen LogP contribution in [0.2, 0.25) is 0 Å². The van der Waals surface area contributed by atoms with Gasteiger partial charge >= 0.3 is 0 Å². The summed E-state index contributed by atoms with van der Waals surface area (Å²) in [5.41, 5.74) is 13.7. The SMILES string of the molecule is CCC(N)Cc1cc(Br)cc(Br)c1N. The molecule has 4 heteroatoms. The molecule has 0 saturated carbocycles. The molecular weight excluding hydrogens is 308 g/mol. The highest BCUT2D eigenvalue weighted by atomic mass is 79.9. The van der Waals surface area contributed by atoms with Crippen LogP contribution >= 0.6 is 31.9 Å². The Kier molecular flexibility index (Phi) is 4.41. The zero-order valence-electron chi connectivity index (χ0n) is 8.06. The van der Waals surface area contributed by atoms with Crippen molar-refractivity contribution in [1.82, 2.24) is 0 Å². The lowest BCUT2D eigenvalue weighted by Gasteiger charge is -2.12. The molecule has 1 unspecified atom stereocenters. The average molecular weight is 322 g/mol. The largest absolute Gasteiger partial charge is 0.398 e. The normalized spacial score (nSPS) is 12.9. The average Bonchev–Trinajstić information content (AvgIpc) is 2.13. The lowest BCUT2D eigenvalue weighted by Crippen LogP contribution is -2.22. The summed E-state index contributed by atoms with van der Waals surface area (Å²) in [6.07, 6.45) is 1.78. The van der Waals surface area contributed by atoms with Gasteiger partial charge in [-0.1, -0.05) is 22.9 Å². The fraction of sp³-hybridized carbons (Fsp3) is 0.400. The zero-order valence-corrected chi connectivity index (χ0v) is 11.2. The minimum atomic E-state index is 0.179. The summed E-state index contributed by atoms with van der Waals surface area (Å²) in [5, 5.41) is 0. The highest BCUT2D eigenvalue weighted by Crippen LogP contribution is 2.28. The molecule has 0 bridgehead atoms.